The van der Waals surface area contributed by atoms with Gasteiger partial charge in [-0.25, -0.2) is 4.79 Å². The molecule has 1 aromatic heterocycles. The van der Waals surface area contributed by atoms with Gasteiger partial charge in [-0.15, -0.1) is 0 Å². The molecule has 0 atom stereocenters. The van der Waals surface area contributed by atoms with Crippen LogP contribution in [0.2, 0.25) is 0 Å². The fraction of sp³-hybridized carbons (Fsp3) is 0.429. The monoisotopic (exact) mass is 275 g/mol. The molecule has 0 unspecified atom stereocenters. The maximum atomic E-state index is 10.9. The number of hydrogen-bond acceptors (Lipinski definition) is 5. The highest BCUT2D eigenvalue weighted by Crippen LogP contribution is 2.20. The van der Waals surface area contributed by atoms with Gasteiger partial charge in [0.05, 0.1) is 5.56 Å². The summed E-state index contributed by atoms with van der Waals surface area (Å²) in [5.74, 6) is -0.966. The molecule has 1 aliphatic heterocycles. The Labute approximate surface area is 116 Å². The second-order valence-corrected chi connectivity index (χ2v) is 4.98. The van der Waals surface area contributed by atoms with Crippen LogP contribution < -0.4 is 5.32 Å². The number of anilines is 1. The summed E-state index contributed by atoms with van der Waals surface area (Å²) in [4.78, 5) is 17.6. The molecule has 0 saturated carbocycles. The van der Waals surface area contributed by atoms with Crippen LogP contribution in [0.15, 0.2) is 22.6 Å². The number of oxazole rings is 1. The van der Waals surface area contributed by atoms with Crippen molar-refractivity contribution in [3.8, 4) is 0 Å². The number of benzene rings is 1. The predicted octanol–water partition coefficient (Wildman–Crippen LogP) is 2.03. The highest BCUT2D eigenvalue weighted by Gasteiger charge is 2.12. The second-order valence-electron chi connectivity index (χ2n) is 4.98. The van der Waals surface area contributed by atoms with Gasteiger partial charge in [-0.2, -0.15) is 4.98 Å². The number of likely N-dealkylation sites (tertiary alicyclic amines) is 1. The zero-order chi connectivity index (χ0) is 13.9. The number of hydrogen-bond donors (Lipinski definition) is 2. The van der Waals surface area contributed by atoms with Crippen LogP contribution in [-0.4, -0.2) is 47.1 Å². The Hall–Kier alpha value is -2.08. The van der Waals surface area contributed by atoms with Crippen molar-refractivity contribution in [3.63, 3.8) is 0 Å². The van der Waals surface area contributed by atoms with Crippen molar-refractivity contribution in [3.05, 3.63) is 23.8 Å². The third-order valence-corrected chi connectivity index (χ3v) is 3.54. The molecule has 0 amide bonds. The van der Waals surface area contributed by atoms with E-state index in [0.717, 1.165) is 26.2 Å². The van der Waals surface area contributed by atoms with Gasteiger partial charge >= 0.3 is 5.97 Å². The van der Waals surface area contributed by atoms with Crippen LogP contribution in [0.5, 0.6) is 0 Å². The van der Waals surface area contributed by atoms with Gasteiger partial charge < -0.3 is 19.7 Å². The average Bonchev–Trinajstić information content (AvgIpc) is 3.06. The SMILES string of the molecule is O=C(O)c1ccc2nc(NCCN3CCCC3)oc2c1. The minimum Gasteiger partial charge on any atom is -0.478 e. The fourth-order valence-electron chi connectivity index (χ4n) is 2.46. The van der Waals surface area contributed by atoms with E-state index in [9.17, 15) is 4.79 Å². The Morgan fingerprint density at radius 2 is 2.20 bits per heavy atom. The van der Waals surface area contributed by atoms with Crippen molar-refractivity contribution in [2.24, 2.45) is 0 Å². The lowest BCUT2D eigenvalue weighted by molar-refractivity contribution is 0.0697. The van der Waals surface area contributed by atoms with E-state index in [2.05, 4.69) is 15.2 Å². The molecule has 6 heteroatoms. The van der Waals surface area contributed by atoms with Crippen LogP contribution in [-0.2, 0) is 0 Å². The molecule has 1 aliphatic rings. The molecule has 0 aliphatic carbocycles. The molecular formula is C14H17N3O3. The molecule has 6 nitrogen and oxygen atoms in total. The molecule has 0 bridgehead atoms. The molecule has 0 radical (unpaired) electrons. The number of nitrogens with zero attached hydrogens (tertiary/aromatic N) is 2. The standard InChI is InChI=1S/C14H17N3O3/c18-13(19)10-3-4-11-12(9-10)20-14(16-11)15-5-8-17-6-1-2-7-17/h3-4,9H,1-2,5-8H2,(H,15,16)(H,18,19). The van der Waals surface area contributed by atoms with Crippen LogP contribution in [0.1, 0.15) is 23.2 Å². The average molecular weight is 275 g/mol. The molecule has 3 rings (SSSR count). The third-order valence-electron chi connectivity index (χ3n) is 3.54. The lowest BCUT2D eigenvalue weighted by atomic mass is 10.2. The van der Waals surface area contributed by atoms with E-state index in [-0.39, 0.29) is 5.56 Å². The van der Waals surface area contributed by atoms with E-state index in [1.54, 1.807) is 6.07 Å². The summed E-state index contributed by atoms with van der Waals surface area (Å²) < 4.78 is 5.52. The number of aromatic carboxylic acids is 1. The third kappa shape index (κ3) is 2.75. The zero-order valence-electron chi connectivity index (χ0n) is 11.1. The summed E-state index contributed by atoms with van der Waals surface area (Å²) in [7, 11) is 0. The molecular weight excluding hydrogens is 258 g/mol. The normalized spacial score (nSPS) is 15.8. The van der Waals surface area contributed by atoms with Crippen LogP contribution in [0.25, 0.3) is 11.1 Å². The molecule has 2 heterocycles. The quantitative estimate of drug-likeness (QED) is 0.869. The summed E-state index contributed by atoms with van der Waals surface area (Å²) in [5.41, 5.74) is 1.37. The number of fused-ring (bicyclic) bond motifs is 1. The number of carboxylic acids is 1. The predicted molar refractivity (Wildman–Crippen MR) is 75.1 cm³/mol. The summed E-state index contributed by atoms with van der Waals surface area (Å²) in [6.45, 7) is 4.08. The first-order valence-corrected chi connectivity index (χ1v) is 6.82. The molecule has 0 spiro atoms. The first kappa shape index (κ1) is 12.9. The summed E-state index contributed by atoms with van der Waals surface area (Å²) in [6, 6.07) is 5.13. The first-order chi connectivity index (χ1) is 9.72. The van der Waals surface area contributed by atoms with Crippen molar-refractivity contribution in [2.75, 3.05) is 31.5 Å². The second kappa shape index (κ2) is 5.50. The highest BCUT2D eigenvalue weighted by molar-refractivity contribution is 5.92. The zero-order valence-corrected chi connectivity index (χ0v) is 11.1. The molecule has 2 N–H and O–H groups in total. The van der Waals surface area contributed by atoms with Crippen molar-refractivity contribution in [2.45, 2.75) is 12.8 Å². The molecule has 1 fully saturated rings. The largest absolute Gasteiger partial charge is 0.478 e. The Morgan fingerprint density at radius 1 is 1.40 bits per heavy atom. The molecule has 2 aromatic rings. The van der Waals surface area contributed by atoms with E-state index in [1.165, 1.54) is 25.0 Å². The maximum Gasteiger partial charge on any atom is 0.335 e. The van der Waals surface area contributed by atoms with E-state index in [1.807, 2.05) is 0 Å². The van der Waals surface area contributed by atoms with Crippen LogP contribution in [0, 0.1) is 0 Å². The Bertz CT molecular complexity index is 617. The summed E-state index contributed by atoms with van der Waals surface area (Å²) in [6.07, 6.45) is 2.56. The number of carbonyl (C=O) groups is 1. The number of aromatic nitrogens is 1. The molecule has 1 saturated heterocycles. The fourth-order valence-corrected chi connectivity index (χ4v) is 2.46. The van der Waals surface area contributed by atoms with Crippen molar-refractivity contribution < 1.29 is 14.3 Å². The topological polar surface area (TPSA) is 78.6 Å². The van der Waals surface area contributed by atoms with E-state index in [4.69, 9.17) is 9.52 Å². The summed E-state index contributed by atoms with van der Waals surface area (Å²) >= 11 is 0. The van der Waals surface area contributed by atoms with Crippen LogP contribution in [0.3, 0.4) is 0 Å². The first-order valence-electron chi connectivity index (χ1n) is 6.82. The molecule has 106 valence electrons. The number of carboxylic acid groups (broad SMARTS) is 1. The molecule has 1 aromatic carbocycles. The Kier molecular flexibility index (Phi) is 3.56. The van der Waals surface area contributed by atoms with Crippen molar-refractivity contribution >= 4 is 23.1 Å². The van der Waals surface area contributed by atoms with Crippen LogP contribution >= 0.6 is 0 Å². The van der Waals surface area contributed by atoms with Gasteiger partial charge in [0, 0.05) is 13.1 Å². The highest BCUT2D eigenvalue weighted by atomic mass is 16.4. The van der Waals surface area contributed by atoms with Crippen LogP contribution in [0.4, 0.5) is 6.01 Å². The smallest absolute Gasteiger partial charge is 0.335 e. The van der Waals surface area contributed by atoms with Gasteiger partial charge in [-0.1, -0.05) is 0 Å². The molecule has 20 heavy (non-hydrogen) atoms. The van der Waals surface area contributed by atoms with Gasteiger partial charge in [-0.05, 0) is 44.1 Å². The van der Waals surface area contributed by atoms with Gasteiger partial charge in [0.2, 0.25) is 0 Å². The van der Waals surface area contributed by atoms with Crippen molar-refractivity contribution in [1.82, 2.24) is 9.88 Å². The number of nitrogens with one attached hydrogen (secondary N) is 1. The van der Waals surface area contributed by atoms with E-state index < -0.39 is 5.97 Å². The maximum absolute atomic E-state index is 10.9. The van der Waals surface area contributed by atoms with E-state index in [0.29, 0.717) is 17.1 Å². The van der Waals surface area contributed by atoms with E-state index >= 15 is 0 Å². The van der Waals surface area contributed by atoms with Crippen molar-refractivity contribution in [1.29, 1.82) is 0 Å². The minimum atomic E-state index is -0.966. The minimum absolute atomic E-state index is 0.206. The van der Waals surface area contributed by atoms with Gasteiger partial charge in [0.25, 0.3) is 6.01 Å². The van der Waals surface area contributed by atoms with Gasteiger partial charge in [0.1, 0.15) is 5.52 Å². The lowest BCUT2D eigenvalue weighted by Crippen LogP contribution is -2.25. The Morgan fingerprint density at radius 3 is 2.95 bits per heavy atom. The Balaban J connectivity index is 1.64. The lowest BCUT2D eigenvalue weighted by Gasteiger charge is -2.13. The summed E-state index contributed by atoms with van der Waals surface area (Å²) in [5, 5.41) is 12.1. The van der Waals surface area contributed by atoms with Gasteiger partial charge in [-0.3, -0.25) is 0 Å². The van der Waals surface area contributed by atoms with Gasteiger partial charge in [0.15, 0.2) is 5.58 Å². The number of rotatable bonds is 5.